The fourth-order valence-corrected chi connectivity index (χ4v) is 2.47. The fourth-order valence-electron chi connectivity index (χ4n) is 2.47. The average Bonchev–Trinajstić information content (AvgIpc) is 3.12. The van der Waals surface area contributed by atoms with E-state index in [1.165, 1.54) is 12.1 Å². The molecule has 0 aliphatic heterocycles. The lowest BCUT2D eigenvalue weighted by Gasteiger charge is -2.10. The van der Waals surface area contributed by atoms with Gasteiger partial charge in [-0.2, -0.15) is 4.98 Å². The number of amides is 1. The summed E-state index contributed by atoms with van der Waals surface area (Å²) in [5.74, 6) is 0.231. The summed E-state index contributed by atoms with van der Waals surface area (Å²) in [4.78, 5) is 16.3. The standard InChI is InChI=1S/C19H18FN3O3/c1-12(21-17(25)11-8-13-4-2-3-5-16(13)24)19-22-18(23-26-19)14-6-9-15(20)10-7-14/h2-7,9-10,12,24H,8,11H2,1H3,(H,21,25)/t12-/m0/s1. The smallest absolute Gasteiger partial charge is 0.249 e. The van der Waals surface area contributed by atoms with Crippen molar-refractivity contribution in [2.75, 3.05) is 0 Å². The van der Waals surface area contributed by atoms with Gasteiger partial charge in [0.05, 0.1) is 0 Å². The molecule has 1 atom stereocenters. The van der Waals surface area contributed by atoms with Crippen LogP contribution in [0.5, 0.6) is 5.75 Å². The second kappa shape index (κ2) is 7.77. The molecule has 0 spiro atoms. The number of phenols is 1. The second-order valence-corrected chi connectivity index (χ2v) is 5.88. The van der Waals surface area contributed by atoms with Crippen molar-refractivity contribution in [2.45, 2.75) is 25.8 Å². The first-order valence-corrected chi connectivity index (χ1v) is 8.18. The molecule has 7 heteroatoms. The predicted molar refractivity (Wildman–Crippen MR) is 92.7 cm³/mol. The molecular formula is C19H18FN3O3. The van der Waals surface area contributed by atoms with Gasteiger partial charge in [0.15, 0.2) is 0 Å². The van der Waals surface area contributed by atoms with Crippen LogP contribution in [0, 0.1) is 5.82 Å². The van der Waals surface area contributed by atoms with Gasteiger partial charge in [-0.3, -0.25) is 4.79 Å². The Kier molecular flexibility index (Phi) is 5.26. The zero-order chi connectivity index (χ0) is 18.5. The maximum atomic E-state index is 13.0. The van der Waals surface area contributed by atoms with Gasteiger partial charge < -0.3 is 14.9 Å². The van der Waals surface area contributed by atoms with E-state index in [0.29, 0.717) is 23.4 Å². The van der Waals surface area contributed by atoms with Crippen molar-refractivity contribution in [1.29, 1.82) is 0 Å². The van der Waals surface area contributed by atoms with Gasteiger partial charge >= 0.3 is 0 Å². The summed E-state index contributed by atoms with van der Waals surface area (Å²) in [7, 11) is 0. The largest absolute Gasteiger partial charge is 0.508 e. The van der Waals surface area contributed by atoms with Crippen molar-refractivity contribution >= 4 is 5.91 Å². The van der Waals surface area contributed by atoms with Gasteiger partial charge in [-0.05, 0) is 49.2 Å². The summed E-state index contributed by atoms with van der Waals surface area (Å²) < 4.78 is 18.2. The van der Waals surface area contributed by atoms with Crippen LogP contribution in [-0.4, -0.2) is 21.2 Å². The van der Waals surface area contributed by atoms with Gasteiger partial charge in [-0.25, -0.2) is 4.39 Å². The third kappa shape index (κ3) is 4.24. The molecule has 0 radical (unpaired) electrons. The van der Waals surface area contributed by atoms with E-state index in [0.717, 1.165) is 0 Å². The number of nitrogens with zero attached hydrogens (tertiary/aromatic N) is 2. The molecule has 3 aromatic rings. The van der Waals surface area contributed by atoms with Crippen molar-refractivity contribution in [1.82, 2.24) is 15.5 Å². The molecule has 26 heavy (non-hydrogen) atoms. The zero-order valence-corrected chi connectivity index (χ0v) is 14.1. The zero-order valence-electron chi connectivity index (χ0n) is 14.1. The molecular weight excluding hydrogens is 337 g/mol. The Morgan fingerprint density at radius 2 is 1.96 bits per heavy atom. The summed E-state index contributed by atoms with van der Waals surface area (Å²) in [6, 6.07) is 12.2. The van der Waals surface area contributed by atoms with Gasteiger partial charge in [0.1, 0.15) is 17.6 Å². The van der Waals surface area contributed by atoms with Gasteiger partial charge in [-0.15, -0.1) is 0 Å². The van der Waals surface area contributed by atoms with Crippen LogP contribution in [0.1, 0.15) is 30.8 Å². The highest BCUT2D eigenvalue weighted by Gasteiger charge is 2.17. The number of aromatic nitrogens is 2. The summed E-state index contributed by atoms with van der Waals surface area (Å²) >= 11 is 0. The van der Waals surface area contributed by atoms with E-state index in [1.54, 1.807) is 37.3 Å². The Labute approximate surface area is 149 Å². The van der Waals surface area contributed by atoms with Crippen LogP contribution < -0.4 is 5.32 Å². The molecule has 0 unspecified atom stereocenters. The fraction of sp³-hybridized carbons (Fsp3) is 0.211. The van der Waals surface area contributed by atoms with Crippen molar-refractivity contribution in [3.63, 3.8) is 0 Å². The number of rotatable bonds is 6. The van der Waals surface area contributed by atoms with Crippen molar-refractivity contribution in [2.24, 2.45) is 0 Å². The molecule has 0 saturated heterocycles. The first-order valence-electron chi connectivity index (χ1n) is 8.18. The number of phenolic OH excluding ortho intramolecular Hbond substituents is 1. The number of carbonyl (C=O) groups excluding carboxylic acids is 1. The van der Waals surface area contributed by atoms with E-state index < -0.39 is 6.04 Å². The van der Waals surface area contributed by atoms with Gasteiger partial charge in [0.2, 0.25) is 17.6 Å². The van der Waals surface area contributed by atoms with E-state index >= 15 is 0 Å². The molecule has 6 nitrogen and oxygen atoms in total. The minimum absolute atomic E-state index is 0.175. The molecule has 1 amide bonds. The molecule has 134 valence electrons. The third-order valence-corrected chi connectivity index (χ3v) is 3.91. The normalized spacial score (nSPS) is 11.9. The molecule has 2 N–H and O–H groups in total. The average molecular weight is 355 g/mol. The lowest BCUT2D eigenvalue weighted by atomic mass is 10.1. The lowest BCUT2D eigenvalue weighted by molar-refractivity contribution is -0.121. The Bertz CT molecular complexity index is 893. The SMILES string of the molecule is C[C@H](NC(=O)CCc1ccccc1O)c1nc(-c2ccc(F)cc2)no1. The second-order valence-electron chi connectivity index (χ2n) is 5.88. The molecule has 0 saturated carbocycles. The maximum absolute atomic E-state index is 13.0. The van der Waals surface area contributed by atoms with Crippen LogP contribution in [-0.2, 0) is 11.2 Å². The summed E-state index contributed by atoms with van der Waals surface area (Å²) in [6.07, 6.45) is 0.650. The monoisotopic (exact) mass is 355 g/mol. The predicted octanol–water partition coefficient (Wildman–Crippen LogP) is 3.39. The Morgan fingerprint density at radius 1 is 1.23 bits per heavy atom. The van der Waals surface area contributed by atoms with Crippen LogP contribution in [0.3, 0.4) is 0 Å². The molecule has 1 heterocycles. The first-order chi connectivity index (χ1) is 12.5. The molecule has 0 fully saturated rings. The maximum Gasteiger partial charge on any atom is 0.249 e. The topological polar surface area (TPSA) is 88.2 Å². The van der Waals surface area contributed by atoms with Gasteiger partial charge in [0, 0.05) is 12.0 Å². The number of carbonyl (C=O) groups is 1. The van der Waals surface area contributed by atoms with Crippen LogP contribution >= 0.6 is 0 Å². The van der Waals surface area contributed by atoms with Crippen LogP contribution in [0.15, 0.2) is 53.1 Å². The van der Waals surface area contributed by atoms with E-state index in [9.17, 15) is 14.3 Å². The molecule has 0 aliphatic carbocycles. The highest BCUT2D eigenvalue weighted by atomic mass is 19.1. The van der Waals surface area contributed by atoms with Crippen LogP contribution in [0.25, 0.3) is 11.4 Å². The number of nitrogens with one attached hydrogen (secondary N) is 1. The molecule has 3 rings (SSSR count). The van der Waals surface area contributed by atoms with Crippen LogP contribution in [0.4, 0.5) is 4.39 Å². The summed E-state index contributed by atoms with van der Waals surface area (Å²) in [5, 5.41) is 16.4. The first kappa shape index (κ1) is 17.6. The Hall–Kier alpha value is -3.22. The third-order valence-electron chi connectivity index (χ3n) is 3.91. The van der Waals surface area contributed by atoms with Gasteiger partial charge in [0.25, 0.3) is 0 Å². The number of aryl methyl sites for hydroxylation is 1. The Morgan fingerprint density at radius 3 is 2.69 bits per heavy atom. The van der Waals surface area contributed by atoms with E-state index in [2.05, 4.69) is 15.5 Å². The highest BCUT2D eigenvalue weighted by molar-refractivity contribution is 5.76. The van der Waals surface area contributed by atoms with E-state index in [1.807, 2.05) is 6.07 Å². The quantitative estimate of drug-likeness (QED) is 0.708. The van der Waals surface area contributed by atoms with E-state index in [-0.39, 0.29) is 29.8 Å². The summed E-state index contributed by atoms with van der Waals surface area (Å²) in [6.45, 7) is 1.74. The number of hydrogen-bond donors (Lipinski definition) is 2. The van der Waals surface area contributed by atoms with E-state index in [4.69, 9.17) is 4.52 Å². The molecule has 0 bridgehead atoms. The molecule has 1 aromatic heterocycles. The number of hydrogen-bond acceptors (Lipinski definition) is 5. The minimum atomic E-state index is -0.464. The molecule has 0 aliphatic rings. The van der Waals surface area contributed by atoms with Crippen molar-refractivity contribution in [3.05, 3.63) is 65.8 Å². The highest BCUT2D eigenvalue weighted by Crippen LogP contribution is 2.20. The number of benzene rings is 2. The van der Waals surface area contributed by atoms with Crippen molar-refractivity contribution in [3.8, 4) is 17.1 Å². The number of aromatic hydroxyl groups is 1. The number of para-hydroxylation sites is 1. The number of halogens is 1. The summed E-state index contributed by atoms with van der Waals surface area (Å²) in [5.41, 5.74) is 1.34. The Balaban J connectivity index is 1.58. The lowest BCUT2D eigenvalue weighted by Crippen LogP contribution is -2.27. The van der Waals surface area contributed by atoms with Crippen molar-refractivity contribution < 1.29 is 18.8 Å². The molecule has 2 aromatic carbocycles. The van der Waals surface area contributed by atoms with Gasteiger partial charge in [-0.1, -0.05) is 23.4 Å². The van der Waals surface area contributed by atoms with Crippen LogP contribution in [0.2, 0.25) is 0 Å². The minimum Gasteiger partial charge on any atom is -0.508 e.